The van der Waals surface area contributed by atoms with Crippen molar-refractivity contribution in [2.75, 3.05) is 26.4 Å². The van der Waals surface area contributed by atoms with Gasteiger partial charge in [0.2, 0.25) is 0 Å². The number of carbonyl (C=O) groups excluding carboxylic acids is 2. The van der Waals surface area contributed by atoms with Gasteiger partial charge in [-0.05, 0) is 64.2 Å². The maximum absolute atomic E-state index is 12.5. The smallest absolute Gasteiger partial charge is 0.462 e. The molecule has 2 atom stereocenters. The second kappa shape index (κ2) is 39.9. The number of phosphoric acid groups is 1. The molecule has 1 unspecified atom stereocenters. The van der Waals surface area contributed by atoms with Crippen molar-refractivity contribution in [2.45, 2.75) is 200 Å². The molecule has 0 saturated carbocycles. The fraction of sp³-hybridized carbons (Fsp3) is 0.814. The number of nitrogens with two attached hydrogens (primary N) is 1. The Morgan fingerprint density at radius 1 is 0.566 bits per heavy atom. The molecule has 3 N–H and O–H groups in total. The van der Waals surface area contributed by atoms with E-state index in [2.05, 4.69) is 50.3 Å². The number of esters is 2. The average molecular weight is 770 g/mol. The summed E-state index contributed by atoms with van der Waals surface area (Å²) in [4.78, 5) is 34.8. The fourth-order valence-electron chi connectivity index (χ4n) is 5.79. The highest BCUT2D eigenvalue weighted by Gasteiger charge is 2.25. The average Bonchev–Trinajstić information content (AvgIpc) is 3.14. The van der Waals surface area contributed by atoms with Gasteiger partial charge in [-0.3, -0.25) is 18.6 Å². The highest BCUT2D eigenvalue weighted by atomic mass is 31.2. The predicted molar refractivity (Wildman–Crippen MR) is 220 cm³/mol. The summed E-state index contributed by atoms with van der Waals surface area (Å²) in [6.45, 7) is 3.67. The Morgan fingerprint density at radius 3 is 1.53 bits per heavy atom. The topological polar surface area (TPSA) is 134 Å². The molecule has 0 bridgehead atoms. The van der Waals surface area contributed by atoms with Crippen molar-refractivity contribution in [1.29, 1.82) is 0 Å². The third-order valence-corrected chi connectivity index (χ3v) is 9.98. The predicted octanol–water partition coefficient (Wildman–Crippen LogP) is 12.2. The third-order valence-electron chi connectivity index (χ3n) is 9.00. The Balaban J connectivity index is 4.22. The van der Waals surface area contributed by atoms with Crippen molar-refractivity contribution in [3.8, 4) is 0 Å². The molecule has 0 fully saturated rings. The van der Waals surface area contributed by atoms with Crippen LogP contribution in [0.4, 0.5) is 0 Å². The molecule has 9 nitrogen and oxygen atoms in total. The van der Waals surface area contributed by atoms with Crippen molar-refractivity contribution in [2.24, 2.45) is 5.73 Å². The number of carbonyl (C=O) groups is 2. The quantitative estimate of drug-likeness (QED) is 0.0270. The summed E-state index contributed by atoms with van der Waals surface area (Å²) in [6.07, 6.45) is 43.2. The Bertz CT molecular complexity index is 970. The van der Waals surface area contributed by atoms with E-state index >= 15 is 0 Å². The van der Waals surface area contributed by atoms with E-state index in [4.69, 9.17) is 24.3 Å². The molecule has 0 aliphatic rings. The summed E-state index contributed by atoms with van der Waals surface area (Å²) in [5.74, 6) is -0.881. The molecule has 0 aliphatic heterocycles. The molecule has 0 spiro atoms. The maximum atomic E-state index is 12.5. The van der Waals surface area contributed by atoms with E-state index in [9.17, 15) is 19.0 Å². The maximum Gasteiger partial charge on any atom is 0.472 e. The van der Waals surface area contributed by atoms with Gasteiger partial charge in [-0.25, -0.2) is 4.57 Å². The first-order chi connectivity index (χ1) is 25.8. The van der Waals surface area contributed by atoms with Gasteiger partial charge in [-0.2, -0.15) is 0 Å². The molecule has 0 radical (unpaired) electrons. The van der Waals surface area contributed by atoms with Crippen molar-refractivity contribution in [3.63, 3.8) is 0 Å². The molecular formula is C43H80NO8P. The van der Waals surface area contributed by atoms with E-state index < -0.39 is 32.5 Å². The normalized spacial score (nSPS) is 13.7. The van der Waals surface area contributed by atoms with Crippen LogP contribution >= 0.6 is 7.82 Å². The van der Waals surface area contributed by atoms with E-state index in [1.807, 2.05) is 0 Å². The van der Waals surface area contributed by atoms with Crippen molar-refractivity contribution in [3.05, 3.63) is 36.5 Å². The lowest BCUT2D eigenvalue weighted by Crippen LogP contribution is -2.29. The summed E-state index contributed by atoms with van der Waals surface area (Å²) in [6, 6.07) is 0. The van der Waals surface area contributed by atoms with E-state index in [-0.39, 0.29) is 32.6 Å². The van der Waals surface area contributed by atoms with Crippen LogP contribution < -0.4 is 5.73 Å². The number of ether oxygens (including phenoxy) is 2. The van der Waals surface area contributed by atoms with Crippen molar-refractivity contribution in [1.82, 2.24) is 0 Å². The summed E-state index contributed by atoms with van der Waals surface area (Å²) >= 11 is 0. The molecule has 0 aliphatic carbocycles. The zero-order chi connectivity index (χ0) is 38.9. The van der Waals surface area contributed by atoms with E-state index in [0.29, 0.717) is 6.42 Å². The van der Waals surface area contributed by atoms with Crippen LogP contribution in [0.5, 0.6) is 0 Å². The summed E-state index contributed by atoms with van der Waals surface area (Å²) in [7, 11) is -4.38. The molecule has 0 heterocycles. The molecule has 0 rings (SSSR count). The monoisotopic (exact) mass is 770 g/mol. The van der Waals surface area contributed by atoms with Crippen LogP contribution in [0.1, 0.15) is 194 Å². The molecule has 0 aromatic heterocycles. The second-order valence-corrected chi connectivity index (χ2v) is 15.7. The summed E-state index contributed by atoms with van der Waals surface area (Å²) in [5, 5.41) is 0. The Hall–Kier alpha value is -1.77. The fourth-order valence-corrected chi connectivity index (χ4v) is 6.55. The lowest BCUT2D eigenvalue weighted by molar-refractivity contribution is -0.161. The lowest BCUT2D eigenvalue weighted by Gasteiger charge is -2.19. The molecule has 53 heavy (non-hydrogen) atoms. The SMILES string of the molecule is CCCCC/C=C/CCCC/C=C/C/C=C\CCCC(=O)O[C@H](COC(=O)CCCCCCCCCCCCCCCCC)COP(=O)(O)OCCN. The van der Waals surface area contributed by atoms with Gasteiger partial charge in [-0.15, -0.1) is 0 Å². The van der Waals surface area contributed by atoms with Crippen LogP contribution in [0.15, 0.2) is 36.5 Å². The number of rotatable bonds is 40. The van der Waals surface area contributed by atoms with Gasteiger partial charge in [0.1, 0.15) is 6.61 Å². The zero-order valence-corrected chi connectivity index (χ0v) is 34.9. The number of unbranched alkanes of at least 4 members (excludes halogenated alkanes) is 21. The first-order valence-electron chi connectivity index (χ1n) is 21.5. The van der Waals surface area contributed by atoms with E-state index in [1.54, 1.807) is 0 Å². The molecule has 0 aromatic rings. The van der Waals surface area contributed by atoms with Crippen LogP contribution in [0.3, 0.4) is 0 Å². The Morgan fingerprint density at radius 2 is 1.00 bits per heavy atom. The van der Waals surface area contributed by atoms with Crippen LogP contribution in [0, 0.1) is 0 Å². The minimum absolute atomic E-state index is 0.0470. The van der Waals surface area contributed by atoms with Gasteiger partial charge >= 0.3 is 19.8 Å². The number of allylic oxidation sites excluding steroid dienone is 6. The van der Waals surface area contributed by atoms with Crippen LogP contribution in [-0.4, -0.2) is 49.3 Å². The highest BCUT2D eigenvalue weighted by Crippen LogP contribution is 2.43. The highest BCUT2D eigenvalue weighted by molar-refractivity contribution is 7.47. The molecule has 310 valence electrons. The van der Waals surface area contributed by atoms with Gasteiger partial charge < -0.3 is 20.1 Å². The van der Waals surface area contributed by atoms with Crippen molar-refractivity contribution >= 4 is 19.8 Å². The van der Waals surface area contributed by atoms with Gasteiger partial charge in [-0.1, -0.05) is 153 Å². The second-order valence-electron chi connectivity index (χ2n) is 14.2. The number of hydrogen-bond donors (Lipinski definition) is 2. The number of phosphoric ester groups is 1. The Kier molecular flexibility index (Phi) is 38.6. The lowest BCUT2D eigenvalue weighted by atomic mass is 10.0. The largest absolute Gasteiger partial charge is 0.472 e. The van der Waals surface area contributed by atoms with Gasteiger partial charge in [0.15, 0.2) is 6.10 Å². The third kappa shape index (κ3) is 39.7. The Labute approximate surface area is 324 Å². The number of hydrogen-bond acceptors (Lipinski definition) is 8. The summed E-state index contributed by atoms with van der Waals surface area (Å²) in [5.41, 5.74) is 5.34. The minimum atomic E-state index is -4.38. The molecule has 0 saturated heterocycles. The first kappa shape index (κ1) is 51.2. The molecule has 0 amide bonds. The van der Waals surface area contributed by atoms with E-state index in [1.165, 1.54) is 116 Å². The van der Waals surface area contributed by atoms with E-state index in [0.717, 1.165) is 44.9 Å². The van der Waals surface area contributed by atoms with Crippen LogP contribution in [0.2, 0.25) is 0 Å². The molecular weight excluding hydrogens is 689 g/mol. The standard InChI is InChI=1S/C43H80NO8P/c1-3-5-7-9-11-13-15-17-19-20-22-24-26-28-30-32-34-36-43(46)52-41(40-51-53(47,48)50-38-37-44)39-49-42(45)35-33-31-29-27-25-23-21-18-16-14-12-10-8-6-4-2/h11,13,22,24,28,30,41H,3-10,12,14-21,23,25-27,29,31-40,44H2,1-2H3,(H,47,48)/b13-11+,24-22+,30-28-/t41-/m1/s1. The van der Waals surface area contributed by atoms with Crippen molar-refractivity contribution < 1.29 is 37.6 Å². The van der Waals surface area contributed by atoms with Crippen LogP contribution in [0.25, 0.3) is 0 Å². The van der Waals surface area contributed by atoms with Gasteiger partial charge in [0.05, 0.1) is 13.2 Å². The molecule has 0 aromatic carbocycles. The first-order valence-corrected chi connectivity index (χ1v) is 23.0. The van der Waals surface area contributed by atoms with Gasteiger partial charge in [0.25, 0.3) is 0 Å². The van der Waals surface area contributed by atoms with Crippen LogP contribution in [-0.2, 0) is 32.7 Å². The summed E-state index contributed by atoms with van der Waals surface area (Å²) < 4.78 is 32.7. The van der Waals surface area contributed by atoms with Gasteiger partial charge in [0, 0.05) is 19.4 Å². The minimum Gasteiger partial charge on any atom is -0.462 e. The molecule has 10 heteroatoms. The zero-order valence-electron chi connectivity index (χ0n) is 34.0.